The molecule has 40 heavy (non-hydrogen) atoms. The Kier molecular flexibility index (Phi) is 9.94. The first kappa shape index (κ1) is 28.9. The Labute approximate surface area is 242 Å². The summed E-state index contributed by atoms with van der Waals surface area (Å²) in [5, 5.41) is 7.73. The summed E-state index contributed by atoms with van der Waals surface area (Å²) >= 11 is 2.70. The van der Waals surface area contributed by atoms with Crippen LogP contribution in [0.1, 0.15) is 34.8 Å². The molecule has 4 rings (SSSR count). The van der Waals surface area contributed by atoms with Crippen molar-refractivity contribution >= 4 is 57.6 Å². The maximum absolute atomic E-state index is 13.3. The minimum atomic E-state index is -0.502. The van der Waals surface area contributed by atoms with E-state index in [9.17, 15) is 14.4 Å². The van der Waals surface area contributed by atoms with E-state index in [1.54, 1.807) is 12.1 Å². The first-order chi connectivity index (χ1) is 19.4. The number of esters is 1. The average molecular weight is 571 g/mol. The normalized spacial score (nSPS) is 11.7. The van der Waals surface area contributed by atoms with E-state index in [2.05, 4.69) is 10.6 Å². The van der Waals surface area contributed by atoms with Crippen LogP contribution in [0, 0.1) is 6.92 Å². The predicted octanol–water partition coefficient (Wildman–Crippen LogP) is 7.67. The van der Waals surface area contributed by atoms with Crippen molar-refractivity contribution in [3.63, 3.8) is 0 Å². The maximum atomic E-state index is 13.3. The molecule has 1 atom stereocenters. The van der Waals surface area contributed by atoms with Gasteiger partial charge in [0.1, 0.15) is 10.6 Å². The van der Waals surface area contributed by atoms with Gasteiger partial charge in [0, 0.05) is 27.6 Å². The first-order valence-electron chi connectivity index (χ1n) is 12.8. The Hall–Kier alpha value is -4.14. The predicted molar refractivity (Wildman–Crippen MR) is 165 cm³/mol. The molecule has 0 spiro atoms. The molecule has 6 nitrogen and oxygen atoms in total. The van der Waals surface area contributed by atoms with Gasteiger partial charge in [0.2, 0.25) is 11.8 Å². The molecule has 0 aliphatic rings. The minimum absolute atomic E-state index is 0.213. The quantitative estimate of drug-likeness (QED) is 0.116. The van der Waals surface area contributed by atoms with E-state index in [0.717, 1.165) is 27.1 Å². The van der Waals surface area contributed by atoms with Crippen molar-refractivity contribution in [1.82, 2.24) is 0 Å². The number of carbonyl (C=O) groups is 3. The zero-order valence-corrected chi connectivity index (χ0v) is 24.1. The van der Waals surface area contributed by atoms with Gasteiger partial charge in [-0.05, 0) is 48.7 Å². The highest BCUT2D eigenvalue weighted by Crippen LogP contribution is 2.37. The lowest BCUT2D eigenvalue weighted by Gasteiger charge is -2.15. The fourth-order valence-corrected chi connectivity index (χ4v) is 5.92. The van der Waals surface area contributed by atoms with Crippen LogP contribution in [0.3, 0.4) is 0 Å². The van der Waals surface area contributed by atoms with Gasteiger partial charge in [-0.3, -0.25) is 9.59 Å². The van der Waals surface area contributed by atoms with Crippen molar-refractivity contribution in [2.24, 2.45) is 0 Å². The number of nitrogens with one attached hydrogen (secondary N) is 2. The van der Waals surface area contributed by atoms with Crippen molar-refractivity contribution in [1.29, 1.82) is 0 Å². The third-order valence-corrected chi connectivity index (χ3v) is 8.30. The SMILES string of the molecule is CCC(Sc1cccc(NC(=O)/C=C/c2ccccc2)c1)C(=O)Nc1scc(-c2ccc(C)cc2)c1C(=O)OC. The number of thiophene rings is 1. The van der Waals surface area contributed by atoms with Gasteiger partial charge in [-0.1, -0.05) is 73.2 Å². The van der Waals surface area contributed by atoms with Crippen LogP contribution in [0.25, 0.3) is 17.2 Å². The van der Waals surface area contributed by atoms with Crippen molar-refractivity contribution in [3.05, 3.63) is 107 Å². The second-order valence-electron chi connectivity index (χ2n) is 8.98. The fraction of sp³-hybridized carbons (Fsp3) is 0.156. The highest BCUT2D eigenvalue weighted by Gasteiger charge is 2.25. The number of rotatable bonds is 10. The van der Waals surface area contributed by atoms with E-state index in [0.29, 0.717) is 22.7 Å². The van der Waals surface area contributed by atoms with Crippen LogP contribution in [-0.4, -0.2) is 30.1 Å². The molecule has 8 heteroatoms. The Morgan fingerprint density at radius 3 is 2.42 bits per heavy atom. The minimum Gasteiger partial charge on any atom is -0.465 e. The fourth-order valence-electron chi connectivity index (χ4n) is 3.95. The van der Waals surface area contributed by atoms with E-state index in [1.807, 2.05) is 92.0 Å². The van der Waals surface area contributed by atoms with Gasteiger partial charge in [0.15, 0.2) is 0 Å². The van der Waals surface area contributed by atoms with Crippen LogP contribution in [0.4, 0.5) is 10.7 Å². The Morgan fingerprint density at radius 2 is 1.73 bits per heavy atom. The lowest BCUT2D eigenvalue weighted by atomic mass is 10.0. The topological polar surface area (TPSA) is 84.5 Å². The third kappa shape index (κ3) is 7.49. The number of carbonyl (C=O) groups excluding carboxylic acids is 3. The van der Waals surface area contributed by atoms with Crippen LogP contribution in [-0.2, 0) is 14.3 Å². The molecule has 0 aliphatic heterocycles. The molecule has 204 valence electrons. The van der Waals surface area contributed by atoms with Crippen molar-refractivity contribution in [3.8, 4) is 11.1 Å². The zero-order chi connectivity index (χ0) is 28.5. The molecular formula is C32H30N2O4S2. The summed E-state index contributed by atoms with van der Waals surface area (Å²) in [7, 11) is 1.33. The molecule has 0 saturated carbocycles. The van der Waals surface area contributed by atoms with Gasteiger partial charge in [-0.25, -0.2) is 4.79 Å². The average Bonchev–Trinajstić information content (AvgIpc) is 3.38. The largest absolute Gasteiger partial charge is 0.465 e. The standard InChI is InChI=1S/C32H30N2O4S2/c1-4-27(40-25-12-8-11-24(19-25)33-28(35)18-15-22-9-6-5-7-10-22)30(36)34-31-29(32(37)38-3)26(20-39-31)23-16-13-21(2)14-17-23/h5-20,27H,4H2,1-3H3,(H,33,35)(H,34,36)/b18-15+. The van der Waals surface area contributed by atoms with E-state index in [4.69, 9.17) is 4.74 Å². The van der Waals surface area contributed by atoms with Gasteiger partial charge in [-0.15, -0.1) is 23.1 Å². The third-order valence-electron chi connectivity index (χ3n) is 6.05. The number of thioether (sulfide) groups is 1. The summed E-state index contributed by atoms with van der Waals surface area (Å²) in [6, 6.07) is 24.8. The van der Waals surface area contributed by atoms with Crippen LogP contribution in [0.5, 0.6) is 0 Å². The van der Waals surface area contributed by atoms with Gasteiger partial charge in [-0.2, -0.15) is 0 Å². The van der Waals surface area contributed by atoms with Crippen LogP contribution in [0.2, 0.25) is 0 Å². The second-order valence-corrected chi connectivity index (χ2v) is 11.1. The molecule has 3 aromatic carbocycles. The van der Waals surface area contributed by atoms with Gasteiger partial charge >= 0.3 is 5.97 Å². The number of ether oxygens (including phenoxy) is 1. The molecule has 4 aromatic rings. The summed E-state index contributed by atoms with van der Waals surface area (Å²) in [6.45, 7) is 3.93. The molecule has 0 fully saturated rings. The molecule has 2 N–H and O–H groups in total. The van der Waals surface area contributed by atoms with Gasteiger partial charge in [0.25, 0.3) is 0 Å². The first-order valence-corrected chi connectivity index (χ1v) is 14.5. The molecule has 0 aliphatic carbocycles. The smallest absolute Gasteiger partial charge is 0.341 e. The van der Waals surface area contributed by atoms with Crippen molar-refractivity contribution < 1.29 is 19.1 Å². The lowest BCUT2D eigenvalue weighted by Crippen LogP contribution is -2.25. The molecule has 0 bridgehead atoms. The summed E-state index contributed by atoms with van der Waals surface area (Å²) < 4.78 is 5.04. The zero-order valence-electron chi connectivity index (χ0n) is 22.5. The lowest BCUT2D eigenvalue weighted by molar-refractivity contribution is -0.115. The van der Waals surface area contributed by atoms with Crippen molar-refractivity contribution in [2.45, 2.75) is 30.4 Å². The highest BCUT2D eigenvalue weighted by atomic mass is 32.2. The molecule has 0 radical (unpaired) electrons. The maximum Gasteiger partial charge on any atom is 0.341 e. The molecule has 1 heterocycles. The number of anilines is 2. The molecule has 0 saturated heterocycles. The van der Waals surface area contributed by atoms with Crippen LogP contribution in [0.15, 0.2) is 95.2 Å². The summed E-state index contributed by atoms with van der Waals surface area (Å²) in [6.07, 6.45) is 3.81. The highest BCUT2D eigenvalue weighted by molar-refractivity contribution is 8.00. The number of methoxy groups -OCH3 is 1. The number of hydrogen-bond donors (Lipinski definition) is 2. The summed E-state index contributed by atoms with van der Waals surface area (Å²) in [5.41, 5.74) is 4.63. The van der Waals surface area contributed by atoms with Crippen molar-refractivity contribution in [2.75, 3.05) is 17.7 Å². The molecule has 1 aromatic heterocycles. The van der Waals surface area contributed by atoms with E-state index < -0.39 is 11.2 Å². The number of hydrogen-bond acceptors (Lipinski definition) is 6. The monoisotopic (exact) mass is 570 g/mol. The molecule has 1 unspecified atom stereocenters. The second kappa shape index (κ2) is 13.8. The van der Waals surface area contributed by atoms with Crippen LogP contribution < -0.4 is 10.6 Å². The Bertz CT molecular complexity index is 1510. The molecule has 2 amide bonds. The van der Waals surface area contributed by atoms with Gasteiger partial charge < -0.3 is 15.4 Å². The number of amides is 2. The Balaban J connectivity index is 1.45. The summed E-state index contributed by atoms with van der Waals surface area (Å²) in [5.74, 6) is -0.957. The van der Waals surface area contributed by atoms with Crippen LogP contribution >= 0.6 is 23.1 Å². The van der Waals surface area contributed by atoms with E-state index >= 15 is 0 Å². The summed E-state index contributed by atoms with van der Waals surface area (Å²) in [4.78, 5) is 39.3. The van der Waals surface area contributed by atoms with Gasteiger partial charge in [0.05, 0.1) is 12.4 Å². The van der Waals surface area contributed by atoms with E-state index in [-0.39, 0.29) is 11.8 Å². The number of benzene rings is 3. The molecular weight excluding hydrogens is 540 g/mol. The van der Waals surface area contributed by atoms with E-state index in [1.165, 1.54) is 36.3 Å². The number of aryl methyl sites for hydroxylation is 1. The Morgan fingerprint density at radius 1 is 0.975 bits per heavy atom.